The first-order valence-corrected chi connectivity index (χ1v) is 9.48. The van der Waals surface area contributed by atoms with Gasteiger partial charge in [-0.2, -0.15) is 0 Å². The zero-order chi connectivity index (χ0) is 18.0. The molecule has 0 aromatic heterocycles. The molecular formula is C18H29N3O4. The second kappa shape index (κ2) is 7.22. The molecule has 3 amide bonds. The number of carbonyl (C=O) groups excluding carboxylic acids is 2. The molecule has 2 heterocycles. The van der Waals surface area contributed by atoms with E-state index >= 15 is 0 Å². The standard InChI is InChI=1S/C18H29N3O4/c1-13(16(23)24)21-12-18(7-6-15(21)22)8-10-20(11-9-18)17(25)19-14-4-2-3-5-14/h13-14H,2-12H2,1H3,(H,19,25)(H,23,24). The van der Waals surface area contributed by atoms with Crippen molar-refractivity contribution in [1.82, 2.24) is 15.1 Å². The predicted molar refractivity (Wildman–Crippen MR) is 92.1 cm³/mol. The quantitative estimate of drug-likeness (QED) is 0.811. The van der Waals surface area contributed by atoms with Gasteiger partial charge < -0.3 is 20.2 Å². The third-order valence-electron chi connectivity index (χ3n) is 6.31. The van der Waals surface area contributed by atoms with Crippen LogP contribution in [0.1, 0.15) is 58.3 Å². The lowest BCUT2D eigenvalue weighted by Gasteiger charge is -2.48. The molecule has 1 saturated carbocycles. The Hall–Kier alpha value is -1.79. The highest BCUT2D eigenvalue weighted by molar-refractivity contribution is 5.84. The maximum Gasteiger partial charge on any atom is 0.326 e. The van der Waals surface area contributed by atoms with Gasteiger partial charge in [0, 0.05) is 32.1 Å². The van der Waals surface area contributed by atoms with Crippen molar-refractivity contribution in [3.8, 4) is 0 Å². The zero-order valence-corrected chi connectivity index (χ0v) is 15.0. The van der Waals surface area contributed by atoms with E-state index in [2.05, 4.69) is 5.32 Å². The van der Waals surface area contributed by atoms with Gasteiger partial charge in [-0.05, 0) is 44.4 Å². The monoisotopic (exact) mass is 351 g/mol. The molecule has 7 nitrogen and oxygen atoms in total. The molecule has 0 aromatic carbocycles. The number of amides is 3. The molecular weight excluding hydrogens is 322 g/mol. The first-order chi connectivity index (χ1) is 11.9. The summed E-state index contributed by atoms with van der Waals surface area (Å²) in [7, 11) is 0. The normalized spacial score (nSPS) is 25.2. The van der Waals surface area contributed by atoms with Crippen molar-refractivity contribution < 1.29 is 19.5 Å². The van der Waals surface area contributed by atoms with Gasteiger partial charge in [-0.3, -0.25) is 4.79 Å². The Labute approximate surface area is 148 Å². The van der Waals surface area contributed by atoms with Gasteiger partial charge in [0.2, 0.25) is 5.91 Å². The van der Waals surface area contributed by atoms with Crippen molar-refractivity contribution in [1.29, 1.82) is 0 Å². The van der Waals surface area contributed by atoms with Crippen LogP contribution in [-0.4, -0.2) is 64.5 Å². The first-order valence-electron chi connectivity index (χ1n) is 9.48. The minimum Gasteiger partial charge on any atom is -0.480 e. The molecule has 1 atom stereocenters. The number of likely N-dealkylation sites (tertiary alicyclic amines) is 2. The van der Waals surface area contributed by atoms with Crippen molar-refractivity contribution >= 4 is 17.9 Å². The van der Waals surface area contributed by atoms with Crippen molar-refractivity contribution in [2.45, 2.75) is 70.4 Å². The lowest BCUT2D eigenvalue weighted by Crippen LogP contribution is -2.57. The second-order valence-electron chi connectivity index (χ2n) is 7.95. The molecule has 0 aromatic rings. The van der Waals surface area contributed by atoms with Crippen LogP contribution in [0.15, 0.2) is 0 Å². The summed E-state index contributed by atoms with van der Waals surface area (Å²) >= 11 is 0. The van der Waals surface area contributed by atoms with Crippen LogP contribution in [0.3, 0.4) is 0 Å². The minimum atomic E-state index is -0.959. The van der Waals surface area contributed by atoms with E-state index in [1.54, 1.807) is 6.92 Å². The molecule has 25 heavy (non-hydrogen) atoms. The number of hydrogen-bond donors (Lipinski definition) is 2. The van der Waals surface area contributed by atoms with E-state index in [1.807, 2.05) is 4.90 Å². The zero-order valence-electron chi connectivity index (χ0n) is 15.0. The molecule has 3 rings (SSSR count). The van der Waals surface area contributed by atoms with Crippen LogP contribution in [0, 0.1) is 5.41 Å². The average molecular weight is 351 g/mol. The molecule has 2 aliphatic heterocycles. The Kier molecular flexibility index (Phi) is 5.20. The van der Waals surface area contributed by atoms with E-state index in [-0.39, 0.29) is 17.4 Å². The molecule has 2 N–H and O–H groups in total. The van der Waals surface area contributed by atoms with Crippen LogP contribution in [0.5, 0.6) is 0 Å². The molecule has 1 aliphatic carbocycles. The van der Waals surface area contributed by atoms with Crippen molar-refractivity contribution in [2.24, 2.45) is 5.41 Å². The van der Waals surface area contributed by atoms with E-state index in [9.17, 15) is 19.5 Å². The molecule has 3 fully saturated rings. The van der Waals surface area contributed by atoms with E-state index in [0.29, 0.717) is 32.1 Å². The number of hydrogen-bond acceptors (Lipinski definition) is 3. The summed E-state index contributed by atoms with van der Waals surface area (Å²) in [6.07, 6.45) is 7.42. The van der Waals surface area contributed by atoms with Gasteiger partial charge in [-0.25, -0.2) is 9.59 Å². The molecule has 140 valence electrons. The number of carboxylic acid groups (broad SMARTS) is 1. The fraction of sp³-hybridized carbons (Fsp3) is 0.833. The van der Waals surface area contributed by atoms with E-state index in [1.165, 1.54) is 17.7 Å². The Bertz CT molecular complexity index is 536. The summed E-state index contributed by atoms with van der Waals surface area (Å²) in [6, 6.07) is -0.430. The number of rotatable bonds is 3. The van der Waals surface area contributed by atoms with Gasteiger partial charge in [-0.1, -0.05) is 12.8 Å². The highest BCUT2D eigenvalue weighted by atomic mass is 16.4. The van der Waals surface area contributed by atoms with E-state index < -0.39 is 12.0 Å². The van der Waals surface area contributed by atoms with E-state index in [4.69, 9.17) is 0 Å². The predicted octanol–water partition coefficient (Wildman–Crippen LogP) is 1.82. The minimum absolute atomic E-state index is 0.0318. The molecule has 3 aliphatic rings. The van der Waals surface area contributed by atoms with Crippen LogP contribution in [0.2, 0.25) is 0 Å². The molecule has 1 unspecified atom stereocenters. The molecule has 2 saturated heterocycles. The van der Waals surface area contributed by atoms with Crippen LogP contribution in [0.25, 0.3) is 0 Å². The Morgan fingerprint density at radius 3 is 2.44 bits per heavy atom. The Morgan fingerprint density at radius 2 is 1.84 bits per heavy atom. The van der Waals surface area contributed by atoms with Crippen LogP contribution >= 0.6 is 0 Å². The summed E-state index contributed by atoms with van der Waals surface area (Å²) in [6.45, 7) is 3.44. The van der Waals surface area contributed by atoms with Gasteiger partial charge in [0.05, 0.1) is 0 Å². The van der Waals surface area contributed by atoms with Crippen molar-refractivity contribution in [2.75, 3.05) is 19.6 Å². The lowest BCUT2D eigenvalue weighted by molar-refractivity contribution is -0.154. The highest BCUT2D eigenvalue weighted by Gasteiger charge is 2.44. The van der Waals surface area contributed by atoms with Crippen LogP contribution in [-0.2, 0) is 9.59 Å². The van der Waals surface area contributed by atoms with Crippen molar-refractivity contribution in [3.05, 3.63) is 0 Å². The number of aliphatic carboxylic acids is 1. The SMILES string of the molecule is CC(C(=O)O)N1CC2(CCC1=O)CCN(C(=O)NC1CCCC1)CC2. The Morgan fingerprint density at radius 1 is 1.20 bits per heavy atom. The molecule has 1 spiro atoms. The summed E-state index contributed by atoms with van der Waals surface area (Å²) in [5.74, 6) is -1.03. The fourth-order valence-electron chi connectivity index (χ4n) is 4.46. The van der Waals surface area contributed by atoms with Gasteiger partial charge in [0.1, 0.15) is 6.04 Å². The Balaban J connectivity index is 1.55. The van der Waals surface area contributed by atoms with Gasteiger partial charge in [0.25, 0.3) is 0 Å². The number of urea groups is 1. The largest absolute Gasteiger partial charge is 0.480 e. The summed E-state index contributed by atoms with van der Waals surface area (Å²) < 4.78 is 0. The maximum atomic E-state index is 12.4. The first kappa shape index (κ1) is 18.0. The summed E-state index contributed by atoms with van der Waals surface area (Å²) in [5.41, 5.74) is -0.0399. The number of nitrogens with zero attached hydrogens (tertiary/aromatic N) is 2. The highest BCUT2D eigenvalue weighted by Crippen LogP contribution is 2.40. The van der Waals surface area contributed by atoms with Gasteiger partial charge >= 0.3 is 12.0 Å². The molecule has 7 heteroatoms. The third-order valence-corrected chi connectivity index (χ3v) is 6.31. The number of piperidine rings is 2. The van der Waals surface area contributed by atoms with Gasteiger partial charge in [-0.15, -0.1) is 0 Å². The topological polar surface area (TPSA) is 90.0 Å². The van der Waals surface area contributed by atoms with E-state index in [0.717, 1.165) is 32.1 Å². The number of nitrogens with one attached hydrogen (secondary N) is 1. The smallest absolute Gasteiger partial charge is 0.326 e. The van der Waals surface area contributed by atoms with Gasteiger partial charge in [0.15, 0.2) is 0 Å². The van der Waals surface area contributed by atoms with Crippen molar-refractivity contribution in [3.63, 3.8) is 0 Å². The molecule has 0 radical (unpaired) electrons. The van der Waals surface area contributed by atoms with Crippen LogP contribution < -0.4 is 5.32 Å². The second-order valence-corrected chi connectivity index (χ2v) is 7.95. The molecule has 0 bridgehead atoms. The summed E-state index contributed by atoms with van der Waals surface area (Å²) in [4.78, 5) is 39.2. The lowest BCUT2D eigenvalue weighted by atomic mass is 9.72. The number of carbonyl (C=O) groups is 3. The van der Waals surface area contributed by atoms with Crippen LogP contribution in [0.4, 0.5) is 4.79 Å². The third kappa shape index (κ3) is 3.90. The number of carboxylic acids is 1. The maximum absolute atomic E-state index is 12.4. The fourth-order valence-corrected chi connectivity index (χ4v) is 4.46. The average Bonchev–Trinajstić information content (AvgIpc) is 3.10. The summed E-state index contributed by atoms with van der Waals surface area (Å²) in [5, 5.41) is 12.4.